The maximum Gasteiger partial charge on any atom is 0.290 e. The molecule has 1 aliphatic heterocycles. The molecule has 8 heteroatoms. The van der Waals surface area contributed by atoms with E-state index in [-0.39, 0.29) is 24.0 Å². The fourth-order valence-corrected chi connectivity index (χ4v) is 4.36. The van der Waals surface area contributed by atoms with Crippen molar-refractivity contribution in [3.63, 3.8) is 0 Å². The lowest BCUT2D eigenvalue weighted by molar-refractivity contribution is -0.115. The normalized spacial score (nSPS) is 14.5. The smallest absolute Gasteiger partial charge is 0.290 e. The Labute approximate surface area is 199 Å². The van der Waals surface area contributed by atoms with Crippen molar-refractivity contribution in [3.8, 4) is 17.0 Å². The Morgan fingerprint density at radius 1 is 0.882 bits per heavy atom. The number of aromatic nitrogens is 2. The largest absolute Gasteiger partial charge is 0.492 e. The third-order valence-corrected chi connectivity index (χ3v) is 6.12. The first-order valence-corrected chi connectivity index (χ1v) is 11.4. The van der Waals surface area contributed by atoms with Gasteiger partial charge in [-0.1, -0.05) is 60.7 Å². The molecule has 0 bridgehead atoms. The summed E-state index contributed by atoms with van der Waals surface area (Å²) in [5, 5.41) is 7.92. The van der Waals surface area contributed by atoms with Crippen molar-refractivity contribution in [2.45, 2.75) is 6.54 Å². The van der Waals surface area contributed by atoms with E-state index in [4.69, 9.17) is 4.74 Å². The second-order valence-corrected chi connectivity index (χ2v) is 8.57. The third kappa shape index (κ3) is 4.49. The molecule has 0 unspecified atom stereocenters. The number of rotatable bonds is 6. The number of nitrogens with zero attached hydrogens (tertiary/aromatic N) is 2. The van der Waals surface area contributed by atoms with Crippen molar-refractivity contribution >= 4 is 39.8 Å². The first-order chi connectivity index (χ1) is 16.6. The molecule has 2 amide bonds. The predicted molar refractivity (Wildman–Crippen MR) is 132 cm³/mol. The van der Waals surface area contributed by atoms with Gasteiger partial charge in [0.25, 0.3) is 16.7 Å². The van der Waals surface area contributed by atoms with Gasteiger partial charge >= 0.3 is 0 Å². The highest BCUT2D eigenvalue weighted by molar-refractivity contribution is 8.18. The van der Waals surface area contributed by atoms with Crippen LogP contribution in [0.5, 0.6) is 5.75 Å². The van der Waals surface area contributed by atoms with Gasteiger partial charge in [-0.25, -0.2) is 4.68 Å². The molecule has 2 heterocycles. The molecule has 0 aliphatic carbocycles. The van der Waals surface area contributed by atoms with E-state index in [1.54, 1.807) is 30.3 Å². The Balaban J connectivity index is 1.32. The number of carbonyl (C=O) groups is 2. The van der Waals surface area contributed by atoms with Crippen LogP contribution in [-0.4, -0.2) is 27.5 Å². The Morgan fingerprint density at radius 2 is 1.59 bits per heavy atom. The van der Waals surface area contributed by atoms with Crippen molar-refractivity contribution in [2.24, 2.45) is 0 Å². The first kappa shape index (κ1) is 21.7. The fourth-order valence-electron chi connectivity index (χ4n) is 3.68. The van der Waals surface area contributed by atoms with E-state index in [0.717, 1.165) is 34.0 Å². The van der Waals surface area contributed by atoms with E-state index in [1.165, 1.54) is 4.68 Å². The summed E-state index contributed by atoms with van der Waals surface area (Å²) in [6.07, 6.45) is 1.65. The number of thioether (sulfide) groups is 1. The van der Waals surface area contributed by atoms with Crippen LogP contribution in [0.15, 0.2) is 88.6 Å². The van der Waals surface area contributed by atoms with Gasteiger partial charge < -0.3 is 4.74 Å². The van der Waals surface area contributed by atoms with Gasteiger partial charge in [0.05, 0.1) is 22.5 Å². The minimum absolute atomic E-state index is 0.164. The van der Waals surface area contributed by atoms with Crippen LogP contribution < -0.4 is 15.6 Å². The number of fused-ring (bicyclic) bond motifs is 1. The number of ether oxygens (including phenoxy) is 1. The van der Waals surface area contributed by atoms with Crippen LogP contribution in [0.2, 0.25) is 0 Å². The molecule has 3 aromatic carbocycles. The number of benzene rings is 3. The minimum Gasteiger partial charge on any atom is -0.492 e. The Bertz CT molecular complexity index is 1480. The minimum atomic E-state index is -0.390. The van der Waals surface area contributed by atoms with E-state index < -0.39 is 5.91 Å². The molecule has 1 N–H and O–H groups in total. The zero-order valence-corrected chi connectivity index (χ0v) is 18.7. The van der Waals surface area contributed by atoms with Gasteiger partial charge in [0.15, 0.2) is 0 Å². The SMILES string of the molecule is O=C1NC(=O)C(=Cc2ccc(OCCn3nc(-c4ccccc4)c4ccccc4c3=O)cc2)S1. The van der Waals surface area contributed by atoms with Crippen LogP contribution in [0.4, 0.5) is 4.79 Å². The average Bonchev–Trinajstić information content (AvgIpc) is 3.18. The number of hydrogen-bond donors (Lipinski definition) is 1. The molecule has 1 saturated heterocycles. The van der Waals surface area contributed by atoms with Gasteiger partial charge in [0.1, 0.15) is 12.4 Å². The van der Waals surface area contributed by atoms with Crippen LogP contribution >= 0.6 is 11.8 Å². The standard InChI is InChI=1S/C26H19N3O4S/c30-24-22(34-26(32)27-24)16-17-10-12-19(13-11-17)33-15-14-29-25(31)21-9-5-4-8-20(21)23(28-29)18-6-2-1-3-7-18/h1-13,16H,14-15H2,(H,27,30,32). The summed E-state index contributed by atoms with van der Waals surface area (Å²) in [5.41, 5.74) is 2.30. The summed E-state index contributed by atoms with van der Waals surface area (Å²) >= 11 is 0.877. The lowest BCUT2D eigenvalue weighted by Gasteiger charge is -2.12. The van der Waals surface area contributed by atoms with Crippen LogP contribution in [0, 0.1) is 0 Å². The molecule has 0 atom stereocenters. The lowest BCUT2D eigenvalue weighted by atomic mass is 10.1. The van der Waals surface area contributed by atoms with Gasteiger partial charge in [-0.05, 0) is 41.6 Å². The quantitative estimate of drug-likeness (QED) is 0.419. The molecule has 0 radical (unpaired) electrons. The molecular formula is C26H19N3O4S. The number of hydrogen-bond acceptors (Lipinski definition) is 6. The number of imide groups is 1. The van der Waals surface area contributed by atoms with Crippen molar-refractivity contribution in [3.05, 3.63) is 99.7 Å². The first-order valence-electron chi connectivity index (χ1n) is 10.6. The van der Waals surface area contributed by atoms with Gasteiger partial charge in [-0.3, -0.25) is 19.7 Å². The molecule has 7 nitrogen and oxygen atoms in total. The second-order valence-electron chi connectivity index (χ2n) is 7.56. The van der Waals surface area contributed by atoms with E-state index in [2.05, 4.69) is 10.4 Å². The predicted octanol–water partition coefficient (Wildman–Crippen LogP) is 4.47. The zero-order chi connectivity index (χ0) is 23.5. The van der Waals surface area contributed by atoms with E-state index in [0.29, 0.717) is 16.0 Å². The van der Waals surface area contributed by atoms with Gasteiger partial charge in [-0.15, -0.1) is 0 Å². The number of amides is 2. The van der Waals surface area contributed by atoms with Crippen LogP contribution in [0.25, 0.3) is 28.1 Å². The van der Waals surface area contributed by atoms with Gasteiger partial charge in [0.2, 0.25) is 0 Å². The van der Waals surface area contributed by atoms with Crippen LogP contribution in [0.1, 0.15) is 5.56 Å². The maximum absolute atomic E-state index is 13.0. The van der Waals surface area contributed by atoms with Crippen molar-refractivity contribution in [1.82, 2.24) is 15.1 Å². The summed E-state index contributed by atoms with van der Waals surface area (Å²) in [7, 11) is 0. The van der Waals surface area contributed by atoms with Crippen molar-refractivity contribution in [1.29, 1.82) is 0 Å². The summed E-state index contributed by atoms with van der Waals surface area (Å²) in [6, 6.07) is 24.4. The molecule has 5 rings (SSSR count). The molecule has 1 aliphatic rings. The third-order valence-electron chi connectivity index (χ3n) is 5.31. The summed E-state index contributed by atoms with van der Waals surface area (Å²) < 4.78 is 7.27. The topological polar surface area (TPSA) is 90.3 Å². The fraction of sp³-hybridized carbons (Fsp3) is 0.0769. The Hall–Kier alpha value is -4.17. The highest BCUT2D eigenvalue weighted by Gasteiger charge is 2.24. The van der Waals surface area contributed by atoms with Crippen LogP contribution in [0.3, 0.4) is 0 Å². The number of carbonyl (C=O) groups excluding carboxylic acids is 2. The molecule has 0 saturated carbocycles. The van der Waals surface area contributed by atoms with Crippen molar-refractivity contribution in [2.75, 3.05) is 6.61 Å². The summed E-state index contributed by atoms with van der Waals surface area (Å²) in [4.78, 5) is 36.3. The second kappa shape index (κ2) is 9.36. The zero-order valence-electron chi connectivity index (χ0n) is 17.9. The highest BCUT2D eigenvalue weighted by Crippen LogP contribution is 2.26. The molecule has 34 heavy (non-hydrogen) atoms. The molecule has 1 aromatic heterocycles. The summed E-state index contributed by atoms with van der Waals surface area (Å²) in [6.45, 7) is 0.543. The van der Waals surface area contributed by atoms with Crippen LogP contribution in [-0.2, 0) is 11.3 Å². The molecule has 4 aromatic rings. The lowest BCUT2D eigenvalue weighted by Crippen LogP contribution is -2.26. The highest BCUT2D eigenvalue weighted by atomic mass is 32.2. The molecule has 1 fully saturated rings. The number of nitrogens with one attached hydrogen (secondary N) is 1. The average molecular weight is 470 g/mol. The van der Waals surface area contributed by atoms with E-state index in [1.807, 2.05) is 54.6 Å². The Morgan fingerprint density at radius 3 is 2.29 bits per heavy atom. The van der Waals surface area contributed by atoms with Gasteiger partial charge in [-0.2, -0.15) is 5.10 Å². The Kier molecular flexibility index (Phi) is 5.97. The van der Waals surface area contributed by atoms with E-state index in [9.17, 15) is 14.4 Å². The molecule has 168 valence electrons. The maximum atomic E-state index is 13.0. The van der Waals surface area contributed by atoms with E-state index >= 15 is 0 Å². The monoisotopic (exact) mass is 469 g/mol. The molecule has 0 spiro atoms. The summed E-state index contributed by atoms with van der Waals surface area (Å²) in [5.74, 6) is 0.234. The van der Waals surface area contributed by atoms with Crippen molar-refractivity contribution < 1.29 is 14.3 Å². The van der Waals surface area contributed by atoms with Gasteiger partial charge in [0, 0.05) is 10.9 Å². The molecular weight excluding hydrogens is 450 g/mol.